The molecule has 1 heterocycles. The van der Waals surface area contributed by atoms with Crippen molar-refractivity contribution in [2.75, 3.05) is 13.2 Å². The molecule has 3 nitrogen and oxygen atoms in total. The quantitative estimate of drug-likeness (QED) is 0.849. The van der Waals surface area contributed by atoms with Gasteiger partial charge in [-0.25, -0.2) is 0 Å². The molecule has 1 fully saturated rings. The van der Waals surface area contributed by atoms with Crippen LogP contribution in [0.3, 0.4) is 0 Å². The van der Waals surface area contributed by atoms with Gasteiger partial charge in [-0.15, -0.1) is 0 Å². The number of ether oxygens (including phenoxy) is 2. The van der Waals surface area contributed by atoms with E-state index >= 15 is 0 Å². The standard InChI is InChI=1S/C13H19NO2/c1-10-4-2-5-11(8-14)13(10)16-12-6-3-7-15-9-12/h2,4-5,12H,3,6-9,14H2,1H3. The second-order valence-electron chi connectivity index (χ2n) is 4.22. The summed E-state index contributed by atoms with van der Waals surface area (Å²) < 4.78 is 11.4. The van der Waals surface area contributed by atoms with Gasteiger partial charge in [-0.2, -0.15) is 0 Å². The van der Waals surface area contributed by atoms with E-state index in [4.69, 9.17) is 15.2 Å². The van der Waals surface area contributed by atoms with Crippen molar-refractivity contribution in [3.05, 3.63) is 29.3 Å². The van der Waals surface area contributed by atoms with E-state index in [1.807, 2.05) is 12.1 Å². The van der Waals surface area contributed by atoms with E-state index in [2.05, 4.69) is 13.0 Å². The molecule has 0 bridgehead atoms. The largest absolute Gasteiger partial charge is 0.487 e. The molecule has 1 aliphatic rings. The Kier molecular flexibility index (Phi) is 3.80. The highest BCUT2D eigenvalue weighted by Crippen LogP contribution is 2.25. The summed E-state index contributed by atoms with van der Waals surface area (Å²) in [6.45, 7) is 4.12. The van der Waals surface area contributed by atoms with Crippen molar-refractivity contribution in [3.8, 4) is 5.75 Å². The van der Waals surface area contributed by atoms with Gasteiger partial charge in [0.15, 0.2) is 0 Å². The van der Waals surface area contributed by atoms with Crippen LogP contribution >= 0.6 is 0 Å². The number of benzene rings is 1. The van der Waals surface area contributed by atoms with Crippen molar-refractivity contribution in [3.63, 3.8) is 0 Å². The molecular formula is C13H19NO2. The lowest BCUT2D eigenvalue weighted by molar-refractivity contribution is 0.00677. The van der Waals surface area contributed by atoms with Gasteiger partial charge in [0.1, 0.15) is 11.9 Å². The molecule has 16 heavy (non-hydrogen) atoms. The molecule has 1 atom stereocenters. The van der Waals surface area contributed by atoms with Gasteiger partial charge in [0.25, 0.3) is 0 Å². The monoisotopic (exact) mass is 221 g/mol. The topological polar surface area (TPSA) is 44.5 Å². The average Bonchev–Trinajstić information content (AvgIpc) is 2.33. The second-order valence-corrected chi connectivity index (χ2v) is 4.22. The highest BCUT2D eigenvalue weighted by atomic mass is 16.5. The first kappa shape index (κ1) is 11.4. The van der Waals surface area contributed by atoms with Crippen molar-refractivity contribution in [1.29, 1.82) is 0 Å². The second kappa shape index (κ2) is 5.32. The van der Waals surface area contributed by atoms with Crippen molar-refractivity contribution < 1.29 is 9.47 Å². The molecule has 2 rings (SSSR count). The zero-order chi connectivity index (χ0) is 11.4. The van der Waals surface area contributed by atoms with E-state index in [1.165, 1.54) is 0 Å². The molecule has 1 aliphatic heterocycles. The van der Waals surface area contributed by atoms with Crippen molar-refractivity contribution in [2.45, 2.75) is 32.4 Å². The summed E-state index contributed by atoms with van der Waals surface area (Å²) in [5.41, 5.74) is 7.93. The van der Waals surface area contributed by atoms with Crippen molar-refractivity contribution >= 4 is 0 Å². The van der Waals surface area contributed by atoms with Crippen LogP contribution in [0.2, 0.25) is 0 Å². The van der Waals surface area contributed by atoms with Gasteiger partial charge >= 0.3 is 0 Å². The fourth-order valence-corrected chi connectivity index (χ4v) is 2.01. The van der Waals surface area contributed by atoms with E-state index in [-0.39, 0.29) is 6.10 Å². The molecule has 1 unspecified atom stereocenters. The zero-order valence-corrected chi connectivity index (χ0v) is 9.74. The first-order chi connectivity index (χ1) is 7.81. The fraction of sp³-hybridized carbons (Fsp3) is 0.538. The Morgan fingerprint density at radius 2 is 2.38 bits per heavy atom. The lowest BCUT2D eigenvalue weighted by atomic mass is 10.1. The molecule has 0 spiro atoms. The minimum absolute atomic E-state index is 0.181. The third-order valence-electron chi connectivity index (χ3n) is 2.92. The molecule has 1 saturated heterocycles. The number of hydrogen-bond donors (Lipinski definition) is 1. The lowest BCUT2D eigenvalue weighted by Crippen LogP contribution is -2.28. The number of aryl methyl sites for hydroxylation is 1. The molecular weight excluding hydrogens is 202 g/mol. The van der Waals surface area contributed by atoms with E-state index in [1.54, 1.807) is 0 Å². The van der Waals surface area contributed by atoms with Gasteiger partial charge in [-0.1, -0.05) is 18.2 Å². The summed E-state index contributed by atoms with van der Waals surface area (Å²) in [6, 6.07) is 6.09. The van der Waals surface area contributed by atoms with E-state index in [0.717, 1.165) is 36.3 Å². The molecule has 1 aromatic rings. The third-order valence-corrected chi connectivity index (χ3v) is 2.92. The number of para-hydroxylation sites is 1. The van der Waals surface area contributed by atoms with E-state index in [0.29, 0.717) is 13.2 Å². The molecule has 0 saturated carbocycles. The Morgan fingerprint density at radius 3 is 3.06 bits per heavy atom. The summed E-state index contributed by atoms with van der Waals surface area (Å²) in [7, 11) is 0. The number of rotatable bonds is 3. The van der Waals surface area contributed by atoms with Crippen LogP contribution in [-0.4, -0.2) is 19.3 Å². The normalized spacial score (nSPS) is 20.8. The minimum Gasteiger partial charge on any atom is -0.487 e. The molecule has 1 aromatic carbocycles. The van der Waals surface area contributed by atoms with Crippen molar-refractivity contribution in [1.82, 2.24) is 0 Å². The molecule has 0 radical (unpaired) electrons. The third kappa shape index (κ3) is 2.54. The van der Waals surface area contributed by atoms with Crippen LogP contribution < -0.4 is 10.5 Å². The van der Waals surface area contributed by atoms with E-state index in [9.17, 15) is 0 Å². The van der Waals surface area contributed by atoms with Gasteiger partial charge in [-0.05, 0) is 25.3 Å². The molecule has 2 N–H and O–H groups in total. The van der Waals surface area contributed by atoms with Gasteiger partial charge in [0, 0.05) is 18.7 Å². The summed E-state index contributed by atoms with van der Waals surface area (Å²) in [6.07, 6.45) is 2.33. The van der Waals surface area contributed by atoms with Crippen LogP contribution in [0.25, 0.3) is 0 Å². The van der Waals surface area contributed by atoms with E-state index < -0.39 is 0 Å². The average molecular weight is 221 g/mol. The van der Waals surface area contributed by atoms with Crippen LogP contribution in [0.1, 0.15) is 24.0 Å². The van der Waals surface area contributed by atoms with Crippen LogP contribution in [0.5, 0.6) is 5.75 Å². The number of nitrogens with two attached hydrogens (primary N) is 1. The molecule has 88 valence electrons. The SMILES string of the molecule is Cc1cccc(CN)c1OC1CCCOC1. The van der Waals surface area contributed by atoms with Gasteiger partial charge in [0.05, 0.1) is 6.61 Å². The van der Waals surface area contributed by atoms with Gasteiger partial charge in [-0.3, -0.25) is 0 Å². The molecule has 0 aliphatic carbocycles. The highest BCUT2D eigenvalue weighted by molar-refractivity contribution is 5.40. The van der Waals surface area contributed by atoms with Crippen LogP contribution in [0, 0.1) is 6.92 Å². The Balaban J connectivity index is 2.12. The van der Waals surface area contributed by atoms with Crippen LogP contribution in [-0.2, 0) is 11.3 Å². The molecule has 0 aromatic heterocycles. The smallest absolute Gasteiger partial charge is 0.127 e. The maximum atomic E-state index is 6.00. The number of hydrogen-bond acceptors (Lipinski definition) is 3. The Labute approximate surface area is 96.5 Å². The first-order valence-electron chi connectivity index (χ1n) is 5.84. The Bertz CT molecular complexity index is 346. The summed E-state index contributed by atoms with van der Waals surface area (Å²) >= 11 is 0. The van der Waals surface area contributed by atoms with Gasteiger partial charge < -0.3 is 15.2 Å². The molecule has 0 amide bonds. The predicted molar refractivity (Wildman–Crippen MR) is 63.5 cm³/mol. The van der Waals surface area contributed by atoms with Gasteiger partial charge in [0.2, 0.25) is 0 Å². The summed E-state index contributed by atoms with van der Waals surface area (Å²) in [4.78, 5) is 0. The predicted octanol–water partition coefficient (Wildman–Crippen LogP) is 2.01. The summed E-state index contributed by atoms with van der Waals surface area (Å²) in [5, 5.41) is 0. The lowest BCUT2D eigenvalue weighted by Gasteiger charge is -2.25. The maximum Gasteiger partial charge on any atom is 0.127 e. The highest BCUT2D eigenvalue weighted by Gasteiger charge is 2.17. The van der Waals surface area contributed by atoms with Crippen LogP contribution in [0.15, 0.2) is 18.2 Å². The molecule has 3 heteroatoms. The van der Waals surface area contributed by atoms with Crippen molar-refractivity contribution in [2.24, 2.45) is 5.73 Å². The minimum atomic E-state index is 0.181. The summed E-state index contributed by atoms with van der Waals surface area (Å²) in [5.74, 6) is 0.945. The Hall–Kier alpha value is -1.06. The first-order valence-corrected chi connectivity index (χ1v) is 5.84. The fourth-order valence-electron chi connectivity index (χ4n) is 2.01. The maximum absolute atomic E-state index is 6.00. The van der Waals surface area contributed by atoms with Crippen LogP contribution in [0.4, 0.5) is 0 Å². The zero-order valence-electron chi connectivity index (χ0n) is 9.74. The Morgan fingerprint density at radius 1 is 1.50 bits per heavy atom.